The summed E-state index contributed by atoms with van der Waals surface area (Å²) in [6.07, 6.45) is 3.01. The van der Waals surface area contributed by atoms with Crippen molar-refractivity contribution in [1.82, 2.24) is 9.47 Å². The van der Waals surface area contributed by atoms with Gasteiger partial charge in [0.05, 0.1) is 6.04 Å². The summed E-state index contributed by atoms with van der Waals surface area (Å²) < 4.78 is 1.55. The molecule has 1 aliphatic heterocycles. The minimum atomic E-state index is -0.0441. The minimum absolute atomic E-state index is 0.0101. The van der Waals surface area contributed by atoms with Gasteiger partial charge in [-0.25, -0.2) is 0 Å². The number of likely N-dealkylation sites (tertiary alicyclic amines) is 1. The van der Waals surface area contributed by atoms with Gasteiger partial charge in [0.25, 0.3) is 5.56 Å². The summed E-state index contributed by atoms with van der Waals surface area (Å²) >= 11 is 0. The summed E-state index contributed by atoms with van der Waals surface area (Å²) in [6, 6.07) is 3.60. The van der Waals surface area contributed by atoms with Crippen LogP contribution < -0.4 is 5.56 Å². The summed E-state index contributed by atoms with van der Waals surface area (Å²) in [6.45, 7) is 0. The average Bonchev–Trinajstić information content (AvgIpc) is 2.53. The van der Waals surface area contributed by atoms with Crippen molar-refractivity contribution < 1.29 is 4.79 Å². The smallest absolute Gasteiger partial charge is 0.255 e. The summed E-state index contributed by atoms with van der Waals surface area (Å²) in [5, 5.41) is 0. The highest BCUT2D eigenvalue weighted by molar-refractivity contribution is 5.78. The van der Waals surface area contributed by atoms with Crippen molar-refractivity contribution in [3.63, 3.8) is 0 Å². The van der Waals surface area contributed by atoms with E-state index in [2.05, 4.69) is 0 Å². The molecule has 1 fully saturated rings. The normalized spacial score (nSPS) is 21.1. The van der Waals surface area contributed by atoms with Crippen LogP contribution in [0, 0.1) is 0 Å². The molecular weight excluding hydrogens is 192 g/mol. The molecule has 2 rings (SSSR count). The summed E-state index contributed by atoms with van der Waals surface area (Å²) in [5.74, 6) is 0.117. The molecule has 80 valence electrons. The molecule has 2 heterocycles. The van der Waals surface area contributed by atoms with Gasteiger partial charge in [-0.05, 0) is 18.6 Å². The third kappa shape index (κ3) is 1.56. The Morgan fingerprint density at radius 3 is 2.67 bits per heavy atom. The third-order valence-corrected chi connectivity index (χ3v) is 3.00. The van der Waals surface area contributed by atoms with E-state index >= 15 is 0 Å². The molecule has 15 heavy (non-hydrogen) atoms. The first-order chi connectivity index (χ1) is 7.11. The molecule has 1 amide bonds. The van der Waals surface area contributed by atoms with Gasteiger partial charge < -0.3 is 9.47 Å². The van der Waals surface area contributed by atoms with Gasteiger partial charge in [0.1, 0.15) is 0 Å². The molecular formula is C11H14N2O2. The van der Waals surface area contributed by atoms with Gasteiger partial charge >= 0.3 is 0 Å². The maximum absolute atomic E-state index is 11.8. The lowest BCUT2D eigenvalue weighted by Gasteiger charge is -2.19. The van der Waals surface area contributed by atoms with Crippen LogP contribution in [-0.2, 0) is 11.8 Å². The van der Waals surface area contributed by atoms with Crippen LogP contribution in [0.5, 0.6) is 0 Å². The monoisotopic (exact) mass is 206 g/mol. The van der Waals surface area contributed by atoms with E-state index in [1.54, 1.807) is 29.8 Å². The largest absolute Gasteiger partial charge is 0.338 e. The van der Waals surface area contributed by atoms with Crippen molar-refractivity contribution >= 4 is 5.91 Å². The Bertz CT molecular complexity index is 450. The fourth-order valence-corrected chi connectivity index (χ4v) is 2.04. The predicted octanol–water partition coefficient (Wildman–Crippen LogP) is 0.679. The number of carbonyl (C=O) groups excluding carboxylic acids is 1. The first kappa shape index (κ1) is 9.96. The highest BCUT2D eigenvalue weighted by Crippen LogP contribution is 2.28. The number of hydrogen-bond acceptors (Lipinski definition) is 2. The van der Waals surface area contributed by atoms with E-state index in [0.29, 0.717) is 12.0 Å². The number of aryl methyl sites for hydroxylation is 1. The summed E-state index contributed by atoms with van der Waals surface area (Å²) in [4.78, 5) is 24.9. The SMILES string of the molecule is CN1C(=O)CCC1c1cccn(C)c1=O. The zero-order chi connectivity index (χ0) is 11.0. The number of pyridine rings is 1. The highest BCUT2D eigenvalue weighted by atomic mass is 16.2. The maximum Gasteiger partial charge on any atom is 0.255 e. The fourth-order valence-electron chi connectivity index (χ4n) is 2.04. The second-order valence-corrected chi connectivity index (χ2v) is 3.94. The van der Waals surface area contributed by atoms with E-state index < -0.39 is 0 Å². The predicted molar refractivity (Wildman–Crippen MR) is 56.4 cm³/mol. The first-order valence-corrected chi connectivity index (χ1v) is 5.02. The van der Waals surface area contributed by atoms with Gasteiger partial charge in [0.15, 0.2) is 0 Å². The van der Waals surface area contributed by atoms with Crippen LogP contribution in [0.15, 0.2) is 23.1 Å². The molecule has 1 aliphatic rings. The Kier molecular flexibility index (Phi) is 2.34. The Balaban J connectivity index is 2.43. The van der Waals surface area contributed by atoms with Crippen LogP contribution in [0.2, 0.25) is 0 Å². The number of aromatic nitrogens is 1. The van der Waals surface area contributed by atoms with E-state index in [9.17, 15) is 9.59 Å². The quantitative estimate of drug-likeness (QED) is 0.678. The maximum atomic E-state index is 11.8. The van der Waals surface area contributed by atoms with Crippen LogP contribution in [0.3, 0.4) is 0 Å². The molecule has 4 heteroatoms. The van der Waals surface area contributed by atoms with Crippen molar-refractivity contribution in [3.05, 3.63) is 34.2 Å². The van der Waals surface area contributed by atoms with Crippen LogP contribution in [-0.4, -0.2) is 22.4 Å². The number of carbonyl (C=O) groups is 1. The van der Waals surface area contributed by atoms with Gasteiger partial charge in [0.2, 0.25) is 5.91 Å². The lowest BCUT2D eigenvalue weighted by atomic mass is 10.1. The number of nitrogens with zero attached hydrogens (tertiary/aromatic N) is 2. The minimum Gasteiger partial charge on any atom is -0.338 e. The fraction of sp³-hybridized carbons (Fsp3) is 0.455. The summed E-state index contributed by atoms with van der Waals surface area (Å²) in [5.41, 5.74) is 0.706. The average molecular weight is 206 g/mol. The van der Waals surface area contributed by atoms with Crippen molar-refractivity contribution in [2.24, 2.45) is 7.05 Å². The van der Waals surface area contributed by atoms with E-state index in [-0.39, 0.29) is 17.5 Å². The standard InChI is InChI=1S/C11H14N2O2/c1-12-7-3-4-8(11(12)15)9-5-6-10(14)13(9)2/h3-4,7,9H,5-6H2,1-2H3. The second-order valence-electron chi connectivity index (χ2n) is 3.94. The van der Waals surface area contributed by atoms with Gasteiger partial charge in [-0.1, -0.05) is 0 Å². The molecule has 1 aromatic rings. The zero-order valence-corrected chi connectivity index (χ0v) is 8.93. The highest BCUT2D eigenvalue weighted by Gasteiger charge is 2.30. The molecule has 0 aromatic carbocycles. The Morgan fingerprint density at radius 1 is 1.33 bits per heavy atom. The van der Waals surface area contributed by atoms with Crippen LogP contribution in [0.25, 0.3) is 0 Å². The Morgan fingerprint density at radius 2 is 2.07 bits per heavy atom. The van der Waals surface area contributed by atoms with E-state index in [1.165, 1.54) is 0 Å². The molecule has 0 aliphatic carbocycles. The topological polar surface area (TPSA) is 42.3 Å². The molecule has 1 aromatic heterocycles. The van der Waals surface area contributed by atoms with E-state index in [4.69, 9.17) is 0 Å². The van der Waals surface area contributed by atoms with E-state index in [0.717, 1.165) is 6.42 Å². The van der Waals surface area contributed by atoms with Gasteiger partial charge in [-0.3, -0.25) is 9.59 Å². The Labute approximate surface area is 88.1 Å². The molecule has 1 unspecified atom stereocenters. The van der Waals surface area contributed by atoms with Gasteiger partial charge in [0, 0.05) is 32.3 Å². The van der Waals surface area contributed by atoms with E-state index in [1.807, 2.05) is 12.1 Å². The molecule has 0 bridgehead atoms. The third-order valence-electron chi connectivity index (χ3n) is 3.00. The second kappa shape index (κ2) is 3.53. The van der Waals surface area contributed by atoms with Crippen LogP contribution in [0.4, 0.5) is 0 Å². The Hall–Kier alpha value is -1.58. The molecule has 0 radical (unpaired) electrons. The molecule has 1 saturated heterocycles. The molecule has 0 saturated carbocycles. The molecule has 0 spiro atoms. The molecule has 1 atom stereocenters. The number of hydrogen-bond donors (Lipinski definition) is 0. The summed E-state index contributed by atoms with van der Waals surface area (Å²) in [7, 11) is 3.48. The lowest BCUT2D eigenvalue weighted by molar-refractivity contribution is -0.127. The van der Waals surface area contributed by atoms with Gasteiger partial charge in [-0.2, -0.15) is 0 Å². The van der Waals surface area contributed by atoms with Gasteiger partial charge in [-0.15, -0.1) is 0 Å². The molecule has 4 nitrogen and oxygen atoms in total. The van der Waals surface area contributed by atoms with Crippen LogP contribution >= 0.6 is 0 Å². The van der Waals surface area contributed by atoms with Crippen LogP contribution in [0.1, 0.15) is 24.4 Å². The number of rotatable bonds is 1. The van der Waals surface area contributed by atoms with Crippen molar-refractivity contribution in [1.29, 1.82) is 0 Å². The van der Waals surface area contributed by atoms with Crippen molar-refractivity contribution in [2.75, 3.05) is 7.05 Å². The zero-order valence-electron chi connectivity index (χ0n) is 8.93. The van der Waals surface area contributed by atoms with Crippen molar-refractivity contribution in [3.8, 4) is 0 Å². The lowest BCUT2D eigenvalue weighted by Crippen LogP contribution is -2.29. The number of amides is 1. The van der Waals surface area contributed by atoms with Crippen molar-refractivity contribution in [2.45, 2.75) is 18.9 Å². The first-order valence-electron chi connectivity index (χ1n) is 5.02. The molecule has 0 N–H and O–H groups in total.